The highest BCUT2D eigenvalue weighted by Gasteiger charge is 2.17. The lowest BCUT2D eigenvalue weighted by Crippen LogP contribution is -2.13. The molecule has 0 saturated carbocycles. The number of aliphatic imine (C=N–C) groups is 2. The van der Waals surface area contributed by atoms with Crippen LogP contribution in [-0.4, -0.2) is 53.2 Å². The molecule has 2 atom stereocenters. The number of hydrogen-bond acceptors (Lipinski definition) is 10. The number of hydrogen-bond donors (Lipinski definition) is 4. The van der Waals surface area contributed by atoms with Gasteiger partial charge in [0, 0.05) is 23.0 Å². The monoisotopic (exact) mass is 566 g/mol. The number of nitrogens with one attached hydrogen (secondary N) is 1. The van der Waals surface area contributed by atoms with E-state index in [1.54, 1.807) is 12.3 Å². The number of benzene rings is 2. The van der Waals surface area contributed by atoms with Gasteiger partial charge in [0.05, 0.1) is 12.1 Å². The van der Waals surface area contributed by atoms with Crippen molar-refractivity contribution in [2.75, 3.05) is 24.3 Å². The van der Waals surface area contributed by atoms with Crippen molar-refractivity contribution in [2.45, 2.75) is 37.8 Å². The predicted octanol–water partition coefficient (Wildman–Crippen LogP) is 3.44. The number of anilines is 2. The fourth-order valence-electron chi connectivity index (χ4n) is 4.55. The summed E-state index contributed by atoms with van der Waals surface area (Å²) >= 11 is 0. The Balaban J connectivity index is 0.000000199. The van der Waals surface area contributed by atoms with E-state index in [0.717, 1.165) is 42.4 Å². The topological polar surface area (TPSA) is 176 Å². The molecule has 1 amide bonds. The number of aromatic nitrogens is 2. The molecule has 4 heterocycles. The van der Waals surface area contributed by atoms with Gasteiger partial charge in [0.1, 0.15) is 18.9 Å². The van der Waals surface area contributed by atoms with Gasteiger partial charge in [0.2, 0.25) is 0 Å². The van der Waals surface area contributed by atoms with Crippen LogP contribution >= 0.6 is 0 Å². The highest BCUT2D eigenvalue weighted by molar-refractivity contribution is 6.03. The first-order valence-corrected chi connectivity index (χ1v) is 13.8. The molecule has 7 N–H and O–H groups in total. The maximum atomic E-state index is 12.4. The van der Waals surface area contributed by atoms with Crippen molar-refractivity contribution in [1.29, 1.82) is 0 Å². The molecular formula is C31H34N8O3. The highest BCUT2D eigenvalue weighted by atomic mass is 16.5. The zero-order valence-electron chi connectivity index (χ0n) is 23.1. The van der Waals surface area contributed by atoms with Gasteiger partial charge in [-0.15, -0.1) is 0 Å². The van der Waals surface area contributed by atoms with Crippen LogP contribution in [0.25, 0.3) is 11.0 Å². The van der Waals surface area contributed by atoms with Gasteiger partial charge in [-0.1, -0.05) is 24.3 Å². The quantitative estimate of drug-likeness (QED) is 0.234. The third-order valence-corrected chi connectivity index (χ3v) is 6.89. The molecule has 0 unspecified atom stereocenters. The molecule has 0 radical (unpaired) electrons. The van der Waals surface area contributed by atoms with Crippen molar-refractivity contribution in [2.24, 2.45) is 21.5 Å². The molecule has 2 aromatic heterocycles. The van der Waals surface area contributed by atoms with Crippen molar-refractivity contribution in [1.82, 2.24) is 9.97 Å². The van der Waals surface area contributed by atoms with E-state index in [0.29, 0.717) is 30.6 Å². The number of fused-ring (bicyclic) bond motifs is 1. The Hall–Kier alpha value is -5.19. The number of rotatable bonds is 8. The van der Waals surface area contributed by atoms with Gasteiger partial charge in [-0.2, -0.15) is 0 Å². The van der Waals surface area contributed by atoms with Crippen molar-refractivity contribution in [3.05, 3.63) is 95.8 Å². The largest absolute Gasteiger partial charge is 0.463 e. The second kappa shape index (κ2) is 13.4. The lowest BCUT2D eigenvalue weighted by Gasteiger charge is -2.08. The molecule has 2 aliphatic heterocycles. The SMILES string of the molecule is NC1=N[C@@H](CCc2ccc(N)cc2)CO1.NC1=N[C@@H](CCc2ccc(NC(=O)c3ccc4cccnc4n3)cc2)CO1. The van der Waals surface area contributed by atoms with Crippen LogP contribution in [0.4, 0.5) is 11.4 Å². The first-order valence-electron chi connectivity index (χ1n) is 13.8. The second-order valence-electron chi connectivity index (χ2n) is 10.1. The molecule has 42 heavy (non-hydrogen) atoms. The lowest BCUT2D eigenvalue weighted by molar-refractivity contribution is 0.102. The number of amidine groups is 2. The first kappa shape index (κ1) is 28.3. The summed E-state index contributed by atoms with van der Waals surface area (Å²) in [6.07, 6.45) is 5.35. The van der Waals surface area contributed by atoms with Gasteiger partial charge >= 0.3 is 0 Å². The van der Waals surface area contributed by atoms with Crippen LogP contribution in [0, 0.1) is 0 Å². The maximum Gasteiger partial charge on any atom is 0.282 e. The van der Waals surface area contributed by atoms with Crippen LogP contribution < -0.4 is 22.5 Å². The molecule has 4 aromatic rings. The lowest BCUT2D eigenvalue weighted by atomic mass is 10.1. The number of ether oxygens (including phenoxy) is 2. The summed E-state index contributed by atoms with van der Waals surface area (Å²) in [6.45, 7) is 1.16. The Kier molecular flexibility index (Phi) is 9.07. The van der Waals surface area contributed by atoms with E-state index < -0.39 is 0 Å². The van der Waals surface area contributed by atoms with Gasteiger partial charge in [0.15, 0.2) is 5.65 Å². The van der Waals surface area contributed by atoms with E-state index in [9.17, 15) is 4.79 Å². The first-order chi connectivity index (χ1) is 20.4. The van der Waals surface area contributed by atoms with Crippen molar-refractivity contribution in [3.8, 4) is 0 Å². The number of nitrogens with zero attached hydrogens (tertiary/aromatic N) is 4. The molecule has 2 aromatic carbocycles. The third-order valence-electron chi connectivity index (χ3n) is 6.89. The van der Waals surface area contributed by atoms with Crippen LogP contribution in [0.15, 0.2) is 89.0 Å². The molecule has 0 saturated heterocycles. The Morgan fingerprint density at radius 3 is 1.95 bits per heavy atom. The van der Waals surface area contributed by atoms with Crippen LogP contribution in [0.5, 0.6) is 0 Å². The van der Waals surface area contributed by atoms with Gasteiger partial charge in [-0.05, 0) is 85.3 Å². The van der Waals surface area contributed by atoms with E-state index in [2.05, 4.69) is 25.3 Å². The number of carbonyl (C=O) groups excluding carboxylic acids is 1. The minimum atomic E-state index is -0.261. The number of pyridine rings is 2. The number of nitrogen functional groups attached to an aromatic ring is 1. The van der Waals surface area contributed by atoms with E-state index >= 15 is 0 Å². The van der Waals surface area contributed by atoms with E-state index in [1.807, 2.05) is 66.7 Å². The second-order valence-corrected chi connectivity index (χ2v) is 10.1. The zero-order chi connectivity index (χ0) is 29.3. The van der Waals surface area contributed by atoms with Crippen LogP contribution in [0.3, 0.4) is 0 Å². The van der Waals surface area contributed by atoms with Gasteiger partial charge in [-0.3, -0.25) is 4.79 Å². The molecule has 0 bridgehead atoms. The Morgan fingerprint density at radius 2 is 1.38 bits per heavy atom. The minimum absolute atomic E-state index is 0.122. The van der Waals surface area contributed by atoms with Crippen LogP contribution in [-0.2, 0) is 22.3 Å². The standard InChI is InChI=1S/C20H19N5O2.C11H15N3O/c21-20-24-16(12-27-20)9-5-13-3-7-15(8-4-13)23-19(26)17-10-6-14-2-1-11-22-18(14)25-17;12-9-4-1-8(2-5-9)3-6-10-7-15-11(13)14-10/h1-4,6-8,10-11,16H,5,9,12H2,(H2,21,24)(H,23,26);1-2,4-5,10H,3,6-7,12H2,(H2,13,14)/t16-;10-/m00/s1. The fourth-order valence-corrected chi connectivity index (χ4v) is 4.55. The summed E-state index contributed by atoms with van der Waals surface area (Å²) in [5, 5.41) is 3.77. The molecule has 0 fully saturated rings. The summed E-state index contributed by atoms with van der Waals surface area (Å²) in [7, 11) is 0. The fraction of sp³-hybridized carbons (Fsp3) is 0.258. The van der Waals surface area contributed by atoms with Crippen molar-refractivity contribution < 1.29 is 14.3 Å². The smallest absolute Gasteiger partial charge is 0.282 e. The molecule has 0 spiro atoms. The van der Waals surface area contributed by atoms with E-state index in [4.69, 9.17) is 26.7 Å². The van der Waals surface area contributed by atoms with Crippen molar-refractivity contribution >= 4 is 40.4 Å². The predicted molar refractivity (Wildman–Crippen MR) is 164 cm³/mol. The zero-order valence-corrected chi connectivity index (χ0v) is 23.1. The normalized spacial score (nSPS) is 17.3. The Morgan fingerprint density at radius 1 is 0.786 bits per heavy atom. The molecule has 11 heteroatoms. The van der Waals surface area contributed by atoms with Crippen molar-refractivity contribution in [3.63, 3.8) is 0 Å². The molecule has 11 nitrogen and oxygen atoms in total. The summed E-state index contributed by atoms with van der Waals surface area (Å²) in [5.74, 6) is -0.261. The Labute approximate surface area is 243 Å². The number of amides is 1. The van der Waals surface area contributed by atoms with Gasteiger partial charge < -0.3 is 32.0 Å². The number of carbonyl (C=O) groups is 1. The van der Waals surface area contributed by atoms with Gasteiger partial charge in [-0.25, -0.2) is 20.0 Å². The Bertz CT molecular complexity index is 1570. The summed E-state index contributed by atoms with van der Waals surface area (Å²) < 4.78 is 10.2. The third kappa shape index (κ3) is 7.94. The highest BCUT2D eigenvalue weighted by Crippen LogP contribution is 2.17. The summed E-state index contributed by atoms with van der Waals surface area (Å²) in [4.78, 5) is 29.3. The van der Waals surface area contributed by atoms with E-state index in [-0.39, 0.29) is 24.0 Å². The molecule has 6 rings (SSSR count). The maximum absolute atomic E-state index is 12.4. The molecule has 216 valence electrons. The average molecular weight is 567 g/mol. The summed E-state index contributed by atoms with van der Waals surface area (Å²) in [5.41, 5.74) is 21.4. The number of aryl methyl sites for hydroxylation is 2. The molecule has 2 aliphatic rings. The van der Waals surface area contributed by atoms with Crippen LogP contribution in [0.2, 0.25) is 0 Å². The van der Waals surface area contributed by atoms with Crippen LogP contribution in [0.1, 0.15) is 34.5 Å². The minimum Gasteiger partial charge on any atom is -0.463 e. The molecule has 0 aliphatic carbocycles. The average Bonchev–Trinajstić information content (AvgIpc) is 3.63. The number of nitrogens with two attached hydrogens (primary N) is 3. The van der Waals surface area contributed by atoms with E-state index in [1.165, 1.54) is 11.1 Å². The summed E-state index contributed by atoms with van der Waals surface area (Å²) in [6, 6.07) is 23.9. The van der Waals surface area contributed by atoms with Gasteiger partial charge in [0.25, 0.3) is 18.0 Å². The molecular weight excluding hydrogens is 532 g/mol.